The molecule has 8 nitrogen and oxygen atoms in total. The third-order valence-corrected chi connectivity index (χ3v) is 3.97. The van der Waals surface area contributed by atoms with Crippen molar-refractivity contribution in [1.82, 2.24) is 14.9 Å². The largest absolute Gasteiger partial charge is 0.464 e. The lowest BCUT2D eigenvalue weighted by atomic mass is 10.3. The summed E-state index contributed by atoms with van der Waals surface area (Å²) < 4.78 is 0. The van der Waals surface area contributed by atoms with Crippen molar-refractivity contribution in [3.8, 4) is 0 Å². The summed E-state index contributed by atoms with van der Waals surface area (Å²) in [7, 11) is 0. The summed E-state index contributed by atoms with van der Waals surface area (Å²) in [6, 6.07) is -0.410. The van der Waals surface area contributed by atoms with Crippen LogP contribution in [0.3, 0.4) is 0 Å². The van der Waals surface area contributed by atoms with Crippen LogP contribution in [0.15, 0.2) is 0 Å². The Balaban J connectivity index is 2.11. The van der Waals surface area contributed by atoms with Gasteiger partial charge in [0, 0.05) is 6.54 Å². The lowest BCUT2D eigenvalue weighted by Gasteiger charge is -2.22. The number of carbonyl (C=O) groups excluding carboxylic acids is 1. The van der Waals surface area contributed by atoms with E-state index < -0.39 is 18.2 Å². The second kappa shape index (κ2) is 4.63. The molecule has 2 N–H and O–H groups in total. The second-order valence-electron chi connectivity index (χ2n) is 4.17. The molecule has 1 unspecified atom stereocenters. The van der Waals surface area contributed by atoms with Crippen LogP contribution < -0.4 is 0 Å². The third kappa shape index (κ3) is 2.09. The maximum atomic E-state index is 11.8. The van der Waals surface area contributed by atoms with Crippen molar-refractivity contribution < 1.29 is 24.6 Å². The van der Waals surface area contributed by atoms with E-state index in [4.69, 9.17) is 10.2 Å². The molecule has 0 aromatic carbocycles. The number of hydrogen-bond donors (Lipinski definition) is 2. The molecule has 2 fully saturated rings. The van der Waals surface area contributed by atoms with Crippen LogP contribution in [-0.4, -0.2) is 73.7 Å². The first-order valence-electron chi connectivity index (χ1n) is 5.37. The van der Waals surface area contributed by atoms with E-state index in [0.717, 1.165) is 10.0 Å². The van der Waals surface area contributed by atoms with Gasteiger partial charge in [-0.1, -0.05) is 15.9 Å². The smallest absolute Gasteiger partial charge is 0.426 e. The van der Waals surface area contributed by atoms with Gasteiger partial charge in [-0.15, -0.1) is 0 Å². The van der Waals surface area contributed by atoms with Crippen LogP contribution in [0, 0.1) is 0 Å². The predicted molar refractivity (Wildman–Crippen MR) is 62.3 cm³/mol. The van der Waals surface area contributed by atoms with Crippen LogP contribution in [0.5, 0.6) is 0 Å². The van der Waals surface area contributed by atoms with Gasteiger partial charge in [0.2, 0.25) is 5.91 Å². The van der Waals surface area contributed by atoms with E-state index in [0.29, 0.717) is 13.0 Å². The maximum Gasteiger partial charge on any atom is 0.426 e. The van der Waals surface area contributed by atoms with Crippen LogP contribution in [-0.2, 0) is 4.79 Å². The number of alkyl halides is 1. The van der Waals surface area contributed by atoms with Crippen LogP contribution in [0.4, 0.5) is 9.59 Å². The van der Waals surface area contributed by atoms with Gasteiger partial charge in [-0.3, -0.25) is 4.79 Å². The Bertz CT molecular complexity index is 382. The predicted octanol–water partition coefficient (Wildman–Crippen LogP) is 0.239. The van der Waals surface area contributed by atoms with Gasteiger partial charge in [-0.25, -0.2) is 19.6 Å². The van der Waals surface area contributed by atoms with Crippen LogP contribution >= 0.6 is 15.9 Å². The molecule has 2 saturated heterocycles. The van der Waals surface area contributed by atoms with Gasteiger partial charge in [-0.2, -0.15) is 0 Å². The third-order valence-electron chi connectivity index (χ3n) is 3.12. The topological polar surface area (TPSA) is 101 Å². The maximum absolute atomic E-state index is 11.8. The van der Waals surface area contributed by atoms with E-state index in [2.05, 4.69) is 15.9 Å². The molecular weight excluding hydrogens is 310 g/mol. The minimum Gasteiger partial charge on any atom is -0.464 e. The fourth-order valence-corrected chi connectivity index (χ4v) is 2.71. The van der Waals surface area contributed by atoms with Crippen molar-refractivity contribution in [2.24, 2.45) is 0 Å². The summed E-state index contributed by atoms with van der Waals surface area (Å²) in [6.07, 6.45) is -2.01. The van der Waals surface area contributed by atoms with Crippen molar-refractivity contribution in [1.29, 1.82) is 0 Å². The van der Waals surface area contributed by atoms with Gasteiger partial charge in [0.15, 0.2) is 0 Å². The van der Waals surface area contributed by atoms with Crippen molar-refractivity contribution in [3.63, 3.8) is 0 Å². The van der Waals surface area contributed by atoms with Gasteiger partial charge in [0.1, 0.15) is 0 Å². The van der Waals surface area contributed by atoms with Gasteiger partial charge >= 0.3 is 12.2 Å². The van der Waals surface area contributed by atoms with Crippen LogP contribution in [0.1, 0.15) is 6.42 Å². The number of likely N-dealkylation sites (tertiary alicyclic amines) is 1. The number of hydrogen-bond acceptors (Lipinski definition) is 3. The highest BCUT2D eigenvalue weighted by atomic mass is 79.9. The first-order valence-corrected chi connectivity index (χ1v) is 6.28. The van der Waals surface area contributed by atoms with Crippen molar-refractivity contribution >= 4 is 34.0 Å². The Kier molecular flexibility index (Phi) is 3.33. The number of halogens is 1. The van der Waals surface area contributed by atoms with Crippen LogP contribution in [0.25, 0.3) is 0 Å². The van der Waals surface area contributed by atoms with Gasteiger partial charge in [0.05, 0.1) is 24.0 Å². The average molecular weight is 322 g/mol. The number of carboxylic acid groups (broad SMARTS) is 2. The van der Waals surface area contributed by atoms with Crippen molar-refractivity contribution in [3.05, 3.63) is 0 Å². The number of hydrazine groups is 1. The molecule has 0 aromatic rings. The Morgan fingerprint density at radius 3 is 2.00 bits per heavy atom. The Labute approximate surface area is 111 Å². The summed E-state index contributed by atoms with van der Waals surface area (Å²) >= 11 is 3.23. The monoisotopic (exact) mass is 321 g/mol. The molecule has 1 atom stereocenters. The molecule has 100 valence electrons. The molecular formula is C9H12BrN3O5. The number of carbonyl (C=O) groups is 3. The molecule has 9 heteroatoms. The standard InChI is InChI=1S/C9H12BrN3O5/c10-6-1-2-11(7(6)14)5-3-12(8(15)16)13(4-5)9(17)18/h5-6H,1-4H2,(H,15,16)(H,17,18). The molecule has 0 spiro atoms. The first-order chi connectivity index (χ1) is 8.41. The molecule has 0 saturated carbocycles. The van der Waals surface area contributed by atoms with Crippen molar-refractivity contribution in [2.75, 3.05) is 19.6 Å². The molecule has 3 amide bonds. The van der Waals surface area contributed by atoms with E-state index in [1.807, 2.05) is 0 Å². The minimum atomic E-state index is -1.33. The van der Waals surface area contributed by atoms with Crippen molar-refractivity contribution in [2.45, 2.75) is 17.3 Å². The highest BCUT2D eigenvalue weighted by Crippen LogP contribution is 2.25. The second-order valence-corrected chi connectivity index (χ2v) is 5.28. The molecule has 18 heavy (non-hydrogen) atoms. The lowest BCUT2D eigenvalue weighted by Crippen LogP contribution is -2.43. The lowest BCUT2D eigenvalue weighted by molar-refractivity contribution is -0.128. The summed E-state index contributed by atoms with van der Waals surface area (Å²) in [6.45, 7) is 0.501. The summed E-state index contributed by atoms with van der Waals surface area (Å²) in [4.78, 5) is 34.9. The quantitative estimate of drug-likeness (QED) is 0.674. The molecule has 0 radical (unpaired) electrons. The van der Waals surface area contributed by atoms with E-state index in [1.54, 1.807) is 0 Å². The highest BCUT2D eigenvalue weighted by molar-refractivity contribution is 9.10. The normalized spacial score (nSPS) is 25.1. The Morgan fingerprint density at radius 2 is 1.67 bits per heavy atom. The van der Waals surface area contributed by atoms with E-state index in [9.17, 15) is 14.4 Å². The zero-order chi connectivity index (χ0) is 13.4. The molecule has 2 aliphatic rings. The molecule has 0 aromatic heterocycles. The van der Waals surface area contributed by atoms with Gasteiger partial charge < -0.3 is 15.1 Å². The Morgan fingerprint density at radius 1 is 1.17 bits per heavy atom. The highest BCUT2D eigenvalue weighted by Gasteiger charge is 2.43. The van der Waals surface area contributed by atoms with E-state index >= 15 is 0 Å². The molecule has 2 heterocycles. The van der Waals surface area contributed by atoms with Gasteiger partial charge in [-0.05, 0) is 6.42 Å². The molecule has 0 bridgehead atoms. The summed E-state index contributed by atoms with van der Waals surface area (Å²) in [5, 5.41) is 19.3. The zero-order valence-electron chi connectivity index (χ0n) is 9.32. The van der Waals surface area contributed by atoms with E-state index in [-0.39, 0.29) is 23.8 Å². The number of amides is 3. The number of nitrogens with zero attached hydrogens (tertiary/aromatic N) is 3. The Hall–Kier alpha value is -1.51. The minimum absolute atomic E-state index is 0.00685. The molecule has 2 aliphatic heterocycles. The molecule has 2 rings (SSSR count). The molecule has 0 aliphatic carbocycles. The number of rotatable bonds is 1. The average Bonchev–Trinajstić information content (AvgIpc) is 2.85. The zero-order valence-corrected chi connectivity index (χ0v) is 10.9. The van der Waals surface area contributed by atoms with E-state index in [1.165, 1.54) is 4.90 Å². The van der Waals surface area contributed by atoms with Crippen LogP contribution in [0.2, 0.25) is 0 Å². The summed E-state index contributed by atoms with van der Waals surface area (Å²) in [5.41, 5.74) is 0. The fourth-order valence-electron chi connectivity index (χ4n) is 2.24. The SMILES string of the molecule is O=C1C(Br)CCN1C1CN(C(=O)O)N(C(=O)O)C1. The first kappa shape index (κ1) is 12.9. The summed E-state index contributed by atoms with van der Waals surface area (Å²) in [5.74, 6) is -0.113. The fraction of sp³-hybridized carbons (Fsp3) is 0.667. The van der Waals surface area contributed by atoms with Gasteiger partial charge in [0.25, 0.3) is 0 Å².